The van der Waals surface area contributed by atoms with Crippen molar-refractivity contribution in [3.63, 3.8) is 0 Å². The second-order valence-corrected chi connectivity index (χ2v) is 9.16. The van der Waals surface area contributed by atoms with Crippen LogP contribution in [-0.4, -0.2) is 38.5 Å². The van der Waals surface area contributed by atoms with Crippen LogP contribution in [0.2, 0.25) is 0 Å². The summed E-state index contributed by atoms with van der Waals surface area (Å²) in [6, 6.07) is 12.4. The van der Waals surface area contributed by atoms with E-state index < -0.39 is 12.0 Å². The molecule has 0 spiro atoms. The Bertz CT molecular complexity index is 1320. The zero-order chi connectivity index (χ0) is 22.2. The van der Waals surface area contributed by atoms with Crippen molar-refractivity contribution in [2.24, 2.45) is 5.73 Å². The van der Waals surface area contributed by atoms with Gasteiger partial charge in [-0.15, -0.1) is 11.3 Å². The number of pyridine rings is 1. The molecule has 162 valence electrons. The van der Waals surface area contributed by atoms with Crippen LogP contribution in [0.15, 0.2) is 55.0 Å². The summed E-state index contributed by atoms with van der Waals surface area (Å²) in [4.78, 5) is 8.05. The lowest BCUT2D eigenvalue weighted by Gasteiger charge is -2.33. The van der Waals surface area contributed by atoms with Crippen LogP contribution in [0.25, 0.3) is 27.2 Å². The first-order chi connectivity index (χ1) is 15.5. The quantitative estimate of drug-likeness (QED) is 0.490. The maximum Gasteiger partial charge on any atom is 0.142 e. The minimum absolute atomic E-state index is 0.00639. The number of imidazole rings is 1. The van der Waals surface area contributed by atoms with Crippen molar-refractivity contribution in [3.05, 3.63) is 71.2 Å². The minimum atomic E-state index is -0.780. The van der Waals surface area contributed by atoms with Crippen LogP contribution >= 0.6 is 11.3 Å². The molecule has 1 aliphatic rings. The van der Waals surface area contributed by atoms with Gasteiger partial charge in [0.25, 0.3) is 0 Å². The van der Waals surface area contributed by atoms with Gasteiger partial charge < -0.3 is 15.2 Å². The molecule has 3 N–H and O–H groups in total. The van der Waals surface area contributed by atoms with Gasteiger partial charge in [0, 0.05) is 53.0 Å². The van der Waals surface area contributed by atoms with E-state index in [4.69, 9.17) is 11.0 Å². The van der Waals surface area contributed by atoms with Gasteiger partial charge in [-0.2, -0.15) is 5.26 Å². The molecule has 0 saturated carbocycles. The second-order valence-electron chi connectivity index (χ2n) is 8.08. The van der Waals surface area contributed by atoms with Crippen molar-refractivity contribution in [2.45, 2.75) is 25.1 Å². The number of rotatable bonds is 4. The second kappa shape index (κ2) is 8.45. The highest BCUT2D eigenvalue weighted by Gasteiger charge is 2.26. The fraction of sp³-hybridized carbons (Fsp3) is 0.250. The number of nitrogens with two attached hydrogens (primary N) is 1. The smallest absolute Gasteiger partial charge is 0.142 e. The molecule has 1 saturated heterocycles. The van der Waals surface area contributed by atoms with E-state index >= 15 is 0 Å². The van der Waals surface area contributed by atoms with E-state index in [1.807, 2.05) is 46.0 Å². The standard InChI is InChI=1S/C24H22FN5OS/c25-20-10-15(3-4-17(20)13-26)19-12-21(24(31)30-7-1-2-18(27)14-30)32-23(19)16-5-8-29-9-6-28-22(29)11-16/h3-6,8-12,18,24,31H,1-2,7,14,27H2/t18-,24?/m1/s1. The first-order valence-corrected chi connectivity index (χ1v) is 11.3. The maximum absolute atomic E-state index is 14.4. The summed E-state index contributed by atoms with van der Waals surface area (Å²) in [5, 5.41) is 20.2. The molecule has 1 aliphatic heterocycles. The number of benzene rings is 1. The number of hydrogen-bond donors (Lipinski definition) is 2. The van der Waals surface area contributed by atoms with Crippen LogP contribution in [0.1, 0.15) is 29.5 Å². The summed E-state index contributed by atoms with van der Waals surface area (Å²) in [6.45, 7) is 1.41. The van der Waals surface area contributed by atoms with E-state index in [0.717, 1.165) is 45.9 Å². The van der Waals surface area contributed by atoms with E-state index in [2.05, 4.69) is 4.98 Å². The lowest BCUT2D eigenvalue weighted by Crippen LogP contribution is -2.44. The van der Waals surface area contributed by atoms with Crippen LogP contribution in [0, 0.1) is 17.1 Å². The van der Waals surface area contributed by atoms with Crippen LogP contribution in [0.3, 0.4) is 0 Å². The van der Waals surface area contributed by atoms with Gasteiger partial charge >= 0.3 is 0 Å². The Balaban J connectivity index is 1.61. The van der Waals surface area contributed by atoms with Gasteiger partial charge in [-0.25, -0.2) is 9.37 Å². The molecule has 1 unspecified atom stereocenters. The van der Waals surface area contributed by atoms with Crippen molar-refractivity contribution in [2.75, 3.05) is 13.1 Å². The first kappa shape index (κ1) is 20.8. The highest BCUT2D eigenvalue weighted by Crippen LogP contribution is 2.43. The van der Waals surface area contributed by atoms with Crippen molar-refractivity contribution in [3.8, 4) is 27.6 Å². The van der Waals surface area contributed by atoms with Gasteiger partial charge in [-0.3, -0.25) is 4.90 Å². The van der Waals surface area contributed by atoms with Crippen molar-refractivity contribution < 1.29 is 9.50 Å². The summed E-state index contributed by atoms with van der Waals surface area (Å²) in [5.41, 5.74) is 9.33. The van der Waals surface area contributed by atoms with Crippen molar-refractivity contribution in [1.82, 2.24) is 14.3 Å². The SMILES string of the molecule is N#Cc1ccc(-c2cc(C(O)N3CCC[C@@H](N)C3)sc2-c2ccn3ccnc3c2)cc1F. The molecule has 32 heavy (non-hydrogen) atoms. The number of aliphatic hydroxyl groups is 1. The minimum Gasteiger partial charge on any atom is -0.373 e. The van der Waals surface area contributed by atoms with Gasteiger partial charge in [-0.05, 0) is 54.3 Å². The van der Waals surface area contributed by atoms with E-state index in [1.54, 1.807) is 12.3 Å². The Morgan fingerprint density at radius 2 is 2.09 bits per heavy atom. The van der Waals surface area contributed by atoms with Gasteiger partial charge in [-0.1, -0.05) is 6.07 Å². The Labute approximate surface area is 189 Å². The van der Waals surface area contributed by atoms with Crippen molar-refractivity contribution in [1.29, 1.82) is 5.26 Å². The van der Waals surface area contributed by atoms with Gasteiger partial charge in [0.1, 0.15) is 23.8 Å². The number of nitrogens with zero attached hydrogens (tertiary/aromatic N) is 4. The molecule has 4 aromatic rings. The highest BCUT2D eigenvalue weighted by molar-refractivity contribution is 7.16. The van der Waals surface area contributed by atoms with Crippen LogP contribution < -0.4 is 5.73 Å². The topological polar surface area (TPSA) is 90.6 Å². The Hall–Kier alpha value is -3.09. The van der Waals surface area contributed by atoms with E-state index in [1.165, 1.54) is 23.5 Å². The molecule has 1 fully saturated rings. The molecule has 8 heteroatoms. The summed E-state index contributed by atoms with van der Waals surface area (Å²) >= 11 is 1.48. The molecule has 3 aromatic heterocycles. The predicted molar refractivity (Wildman–Crippen MR) is 122 cm³/mol. The number of nitriles is 1. The van der Waals surface area contributed by atoms with E-state index in [-0.39, 0.29) is 11.6 Å². The van der Waals surface area contributed by atoms with E-state index in [0.29, 0.717) is 12.1 Å². The Morgan fingerprint density at radius 1 is 1.22 bits per heavy atom. The summed E-state index contributed by atoms with van der Waals surface area (Å²) in [6.07, 6.45) is 6.66. The molecule has 1 aromatic carbocycles. The number of aliphatic hydroxyl groups excluding tert-OH is 1. The highest BCUT2D eigenvalue weighted by atomic mass is 32.1. The molecule has 0 amide bonds. The zero-order valence-electron chi connectivity index (χ0n) is 17.3. The average molecular weight is 448 g/mol. The Kier molecular flexibility index (Phi) is 5.49. The fourth-order valence-electron chi connectivity index (χ4n) is 4.23. The summed E-state index contributed by atoms with van der Waals surface area (Å²) in [7, 11) is 0. The number of piperidine rings is 1. The summed E-state index contributed by atoms with van der Waals surface area (Å²) < 4.78 is 16.4. The Morgan fingerprint density at radius 3 is 2.88 bits per heavy atom. The van der Waals surface area contributed by atoms with Crippen LogP contribution in [0.5, 0.6) is 0 Å². The number of hydrogen-bond acceptors (Lipinski definition) is 6. The number of aromatic nitrogens is 2. The first-order valence-electron chi connectivity index (χ1n) is 10.5. The third-order valence-electron chi connectivity index (χ3n) is 5.90. The lowest BCUT2D eigenvalue weighted by atomic mass is 10.0. The molecule has 0 bridgehead atoms. The predicted octanol–water partition coefficient (Wildman–Crippen LogP) is 4.15. The maximum atomic E-state index is 14.4. The molecular formula is C24H22FN5OS. The van der Waals surface area contributed by atoms with Gasteiger partial charge in [0.2, 0.25) is 0 Å². The third-order valence-corrected chi connectivity index (χ3v) is 7.13. The third kappa shape index (κ3) is 3.80. The molecule has 5 rings (SSSR count). The summed E-state index contributed by atoms with van der Waals surface area (Å²) in [5.74, 6) is -0.560. The normalized spacial score (nSPS) is 18.0. The molecule has 0 aliphatic carbocycles. The zero-order valence-corrected chi connectivity index (χ0v) is 18.1. The average Bonchev–Trinajstić information content (AvgIpc) is 3.45. The molecular weight excluding hydrogens is 425 g/mol. The number of thiophene rings is 1. The van der Waals surface area contributed by atoms with Crippen LogP contribution in [0.4, 0.5) is 4.39 Å². The van der Waals surface area contributed by atoms with Crippen molar-refractivity contribution >= 4 is 17.0 Å². The lowest BCUT2D eigenvalue weighted by molar-refractivity contribution is -0.0118. The van der Waals surface area contributed by atoms with Crippen LogP contribution in [-0.2, 0) is 0 Å². The largest absolute Gasteiger partial charge is 0.373 e. The molecule has 2 atom stereocenters. The molecule has 4 heterocycles. The number of halogens is 1. The van der Waals surface area contributed by atoms with Gasteiger partial charge in [0.05, 0.1) is 5.56 Å². The monoisotopic (exact) mass is 447 g/mol. The number of fused-ring (bicyclic) bond motifs is 1. The van der Waals surface area contributed by atoms with Gasteiger partial charge in [0.15, 0.2) is 0 Å². The number of likely N-dealkylation sites (tertiary alicyclic amines) is 1. The molecule has 0 radical (unpaired) electrons. The molecule has 6 nitrogen and oxygen atoms in total. The fourth-order valence-corrected chi connectivity index (χ4v) is 5.43. The van der Waals surface area contributed by atoms with E-state index in [9.17, 15) is 9.50 Å².